The van der Waals surface area contributed by atoms with Crippen LogP contribution in [0, 0.1) is 11.3 Å². The molecule has 0 unspecified atom stereocenters. The number of hydrogen-bond acceptors (Lipinski definition) is 4. The minimum Gasteiger partial charge on any atom is -0.497 e. The number of benzene rings is 1. The summed E-state index contributed by atoms with van der Waals surface area (Å²) < 4.78 is 10.2. The van der Waals surface area contributed by atoms with Gasteiger partial charge in [-0.3, -0.25) is 4.79 Å². The molecule has 0 fully saturated rings. The highest BCUT2D eigenvalue weighted by molar-refractivity contribution is 5.98. The average molecular weight is 233 g/mol. The Bertz CT molecular complexity index is 435. The van der Waals surface area contributed by atoms with Gasteiger partial charge in [-0.25, -0.2) is 0 Å². The first-order valence-corrected chi connectivity index (χ1v) is 5.35. The average Bonchev–Trinajstić information content (AvgIpc) is 2.38. The topological polar surface area (TPSA) is 59.3 Å². The number of rotatable bonds is 6. The summed E-state index contributed by atoms with van der Waals surface area (Å²) in [4.78, 5) is 11.9. The van der Waals surface area contributed by atoms with Crippen LogP contribution in [0.4, 0.5) is 0 Å². The van der Waals surface area contributed by atoms with Gasteiger partial charge in [-0.05, 0) is 18.6 Å². The smallest absolute Gasteiger partial charge is 0.166 e. The van der Waals surface area contributed by atoms with Crippen LogP contribution in [0.1, 0.15) is 29.6 Å². The summed E-state index contributed by atoms with van der Waals surface area (Å²) in [5, 5.41) is 8.42. The van der Waals surface area contributed by atoms with Crippen LogP contribution in [0.3, 0.4) is 0 Å². The second kappa shape index (κ2) is 6.54. The van der Waals surface area contributed by atoms with Gasteiger partial charge in [0.05, 0.1) is 25.9 Å². The van der Waals surface area contributed by atoms with E-state index >= 15 is 0 Å². The van der Waals surface area contributed by atoms with Crippen molar-refractivity contribution >= 4 is 5.78 Å². The molecule has 0 aliphatic heterocycles. The van der Waals surface area contributed by atoms with Crippen LogP contribution in [0.2, 0.25) is 0 Å². The maximum absolute atomic E-state index is 11.9. The molecule has 0 bridgehead atoms. The molecule has 0 aliphatic rings. The molecule has 0 aromatic heterocycles. The number of ether oxygens (including phenoxy) is 2. The molecule has 4 nitrogen and oxygen atoms in total. The summed E-state index contributed by atoms with van der Waals surface area (Å²) in [6.07, 6.45) is 1.32. The fourth-order valence-corrected chi connectivity index (χ4v) is 1.49. The molecule has 0 N–H and O–H groups in total. The lowest BCUT2D eigenvalue weighted by molar-refractivity contribution is 0.0977. The molecule has 17 heavy (non-hydrogen) atoms. The van der Waals surface area contributed by atoms with E-state index in [1.807, 2.05) is 6.07 Å². The number of nitriles is 1. The van der Waals surface area contributed by atoms with Crippen molar-refractivity contribution in [1.29, 1.82) is 5.26 Å². The van der Waals surface area contributed by atoms with Crippen molar-refractivity contribution in [3.05, 3.63) is 23.8 Å². The van der Waals surface area contributed by atoms with Gasteiger partial charge in [0.2, 0.25) is 0 Å². The number of nitrogens with zero attached hydrogens (tertiary/aromatic N) is 1. The number of carbonyl (C=O) groups is 1. The number of Topliss-reactive ketones (excluding diaryl/α,β-unsaturated/α-hetero) is 1. The van der Waals surface area contributed by atoms with E-state index in [9.17, 15) is 4.79 Å². The van der Waals surface area contributed by atoms with Crippen LogP contribution in [0.25, 0.3) is 0 Å². The Balaban J connectivity index is 2.82. The minimum atomic E-state index is -0.0141. The van der Waals surface area contributed by atoms with Crippen molar-refractivity contribution in [3.63, 3.8) is 0 Å². The van der Waals surface area contributed by atoms with Crippen molar-refractivity contribution in [2.75, 3.05) is 14.2 Å². The van der Waals surface area contributed by atoms with Gasteiger partial charge in [0.1, 0.15) is 11.5 Å². The third-order valence-electron chi connectivity index (χ3n) is 2.40. The SMILES string of the molecule is COc1ccc(C(=O)CCCC#N)c(OC)c1. The molecule has 0 radical (unpaired) electrons. The van der Waals surface area contributed by atoms with E-state index in [0.717, 1.165) is 0 Å². The standard InChI is InChI=1S/C13H15NO3/c1-16-10-6-7-11(13(9-10)17-2)12(15)5-3-4-8-14/h6-7,9H,3-5H2,1-2H3. The fraction of sp³-hybridized carbons (Fsp3) is 0.385. The predicted octanol–water partition coefficient (Wildman–Crippen LogP) is 2.58. The second-order valence-electron chi connectivity index (χ2n) is 3.50. The first kappa shape index (κ1) is 13.0. The van der Waals surface area contributed by atoms with Crippen molar-refractivity contribution in [2.45, 2.75) is 19.3 Å². The largest absolute Gasteiger partial charge is 0.497 e. The number of hydrogen-bond donors (Lipinski definition) is 0. The minimum absolute atomic E-state index is 0.0141. The van der Waals surface area contributed by atoms with Crippen molar-refractivity contribution in [3.8, 4) is 17.6 Å². The maximum atomic E-state index is 11.9. The lowest BCUT2D eigenvalue weighted by atomic mass is 10.0. The molecule has 1 aromatic carbocycles. The first-order valence-electron chi connectivity index (χ1n) is 5.35. The molecule has 0 amide bonds. The summed E-state index contributed by atoms with van der Waals surface area (Å²) in [5.41, 5.74) is 0.534. The van der Waals surface area contributed by atoms with Gasteiger partial charge in [-0.15, -0.1) is 0 Å². The Morgan fingerprint density at radius 3 is 2.71 bits per heavy atom. The first-order chi connectivity index (χ1) is 8.22. The lowest BCUT2D eigenvalue weighted by Gasteiger charge is -2.09. The molecule has 0 spiro atoms. The van der Waals surface area contributed by atoms with Crippen LogP contribution in [0.15, 0.2) is 18.2 Å². The normalized spacial score (nSPS) is 9.47. The fourth-order valence-electron chi connectivity index (χ4n) is 1.49. The third kappa shape index (κ3) is 3.49. The molecule has 90 valence electrons. The van der Waals surface area contributed by atoms with Gasteiger partial charge in [0, 0.05) is 18.9 Å². The summed E-state index contributed by atoms with van der Waals surface area (Å²) in [6.45, 7) is 0. The molecule has 0 saturated carbocycles. The van der Waals surface area contributed by atoms with E-state index in [-0.39, 0.29) is 5.78 Å². The Hall–Kier alpha value is -2.02. The summed E-state index contributed by atoms with van der Waals surface area (Å²) in [6, 6.07) is 7.11. The molecular weight excluding hydrogens is 218 g/mol. The monoisotopic (exact) mass is 233 g/mol. The molecule has 0 heterocycles. The Kier molecular flexibility index (Phi) is 5.02. The highest BCUT2D eigenvalue weighted by atomic mass is 16.5. The van der Waals surface area contributed by atoms with Crippen LogP contribution < -0.4 is 9.47 Å². The molecule has 0 aliphatic carbocycles. The highest BCUT2D eigenvalue weighted by Gasteiger charge is 2.12. The third-order valence-corrected chi connectivity index (χ3v) is 2.40. The van der Waals surface area contributed by atoms with Gasteiger partial charge in [-0.1, -0.05) is 0 Å². The van der Waals surface area contributed by atoms with E-state index in [1.54, 1.807) is 25.3 Å². The number of unbranched alkanes of at least 4 members (excludes halogenated alkanes) is 1. The molecule has 1 aromatic rings. The van der Waals surface area contributed by atoms with E-state index in [4.69, 9.17) is 14.7 Å². The predicted molar refractivity (Wildman–Crippen MR) is 63.3 cm³/mol. The summed E-state index contributed by atoms with van der Waals surface area (Å²) in [5.74, 6) is 1.14. The van der Waals surface area contributed by atoms with Crippen LogP contribution in [-0.2, 0) is 0 Å². The lowest BCUT2D eigenvalue weighted by Crippen LogP contribution is -2.02. The Morgan fingerprint density at radius 2 is 2.12 bits per heavy atom. The van der Waals surface area contributed by atoms with E-state index < -0.39 is 0 Å². The number of carbonyl (C=O) groups excluding carboxylic acids is 1. The van der Waals surface area contributed by atoms with Crippen LogP contribution >= 0.6 is 0 Å². The van der Waals surface area contributed by atoms with Crippen molar-refractivity contribution < 1.29 is 14.3 Å². The van der Waals surface area contributed by atoms with Gasteiger partial charge < -0.3 is 9.47 Å². The zero-order valence-electron chi connectivity index (χ0n) is 10.0. The van der Waals surface area contributed by atoms with E-state index in [1.165, 1.54) is 7.11 Å². The number of methoxy groups -OCH3 is 2. The van der Waals surface area contributed by atoms with Crippen molar-refractivity contribution in [1.82, 2.24) is 0 Å². The molecule has 0 saturated heterocycles. The van der Waals surface area contributed by atoms with Gasteiger partial charge in [0.25, 0.3) is 0 Å². The summed E-state index contributed by atoms with van der Waals surface area (Å²) in [7, 11) is 3.07. The van der Waals surface area contributed by atoms with E-state index in [0.29, 0.717) is 36.3 Å². The number of ketones is 1. The highest BCUT2D eigenvalue weighted by Crippen LogP contribution is 2.25. The quantitative estimate of drug-likeness (QED) is 0.559. The zero-order chi connectivity index (χ0) is 12.7. The van der Waals surface area contributed by atoms with Crippen LogP contribution in [0.5, 0.6) is 11.5 Å². The maximum Gasteiger partial charge on any atom is 0.166 e. The molecule has 0 atom stereocenters. The second-order valence-corrected chi connectivity index (χ2v) is 3.50. The van der Waals surface area contributed by atoms with Crippen LogP contribution in [-0.4, -0.2) is 20.0 Å². The van der Waals surface area contributed by atoms with Gasteiger partial charge in [0.15, 0.2) is 5.78 Å². The van der Waals surface area contributed by atoms with Gasteiger partial charge >= 0.3 is 0 Å². The van der Waals surface area contributed by atoms with E-state index in [2.05, 4.69) is 0 Å². The molecule has 4 heteroatoms. The Labute approximate surface area is 101 Å². The molecular formula is C13H15NO3. The van der Waals surface area contributed by atoms with Gasteiger partial charge in [-0.2, -0.15) is 5.26 Å². The molecule has 1 rings (SSSR count). The Morgan fingerprint density at radius 1 is 1.35 bits per heavy atom. The summed E-state index contributed by atoms with van der Waals surface area (Å²) >= 11 is 0. The zero-order valence-corrected chi connectivity index (χ0v) is 10.0. The van der Waals surface area contributed by atoms with Crippen molar-refractivity contribution in [2.24, 2.45) is 0 Å².